The lowest BCUT2D eigenvalue weighted by atomic mass is 10.2. The van der Waals surface area contributed by atoms with Gasteiger partial charge in [0.2, 0.25) is 5.95 Å². The van der Waals surface area contributed by atoms with E-state index in [0.717, 1.165) is 55.9 Å². The molecule has 7 nitrogen and oxygen atoms in total. The number of H-pyrrole nitrogens is 1. The predicted molar refractivity (Wildman–Crippen MR) is 98.3 cm³/mol. The van der Waals surface area contributed by atoms with Crippen molar-refractivity contribution in [3.8, 4) is 12.3 Å². The van der Waals surface area contributed by atoms with Crippen molar-refractivity contribution < 1.29 is 0 Å². The Hall–Kier alpha value is -2.59. The lowest BCUT2D eigenvalue weighted by molar-refractivity contribution is 0.724. The zero-order valence-corrected chi connectivity index (χ0v) is 14.5. The van der Waals surface area contributed by atoms with Crippen LogP contribution in [-0.2, 0) is 0 Å². The summed E-state index contributed by atoms with van der Waals surface area (Å²) in [6.45, 7) is 3.82. The molecule has 4 rings (SSSR count). The normalized spacial score (nSPS) is 17.8. The number of aromatic nitrogens is 4. The third-order valence-electron chi connectivity index (χ3n) is 4.79. The molecule has 25 heavy (non-hydrogen) atoms. The summed E-state index contributed by atoms with van der Waals surface area (Å²) >= 11 is 0. The standard InChI is InChI=1S/C18H23N7/c1-3-13-12-20-18(25-9-4-7-19-8-10-25)21-17(13)24(2)16-11-15(22-23-16)14-5-6-14/h1,11-12,14,19H,4-10H2,2H3,(H,22,23). The molecule has 3 heterocycles. The second-order valence-corrected chi connectivity index (χ2v) is 6.65. The minimum atomic E-state index is 0.607. The summed E-state index contributed by atoms with van der Waals surface area (Å²) in [5, 5.41) is 10.9. The Balaban J connectivity index is 1.63. The van der Waals surface area contributed by atoms with Crippen molar-refractivity contribution in [3.05, 3.63) is 23.5 Å². The molecule has 0 bridgehead atoms. The van der Waals surface area contributed by atoms with E-state index in [9.17, 15) is 0 Å². The fourth-order valence-corrected chi connectivity index (χ4v) is 3.12. The third kappa shape index (κ3) is 3.30. The lowest BCUT2D eigenvalue weighted by Gasteiger charge is -2.23. The van der Waals surface area contributed by atoms with Gasteiger partial charge in [-0.05, 0) is 25.8 Å². The van der Waals surface area contributed by atoms with Gasteiger partial charge in [-0.15, -0.1) is 6.42 Å². The molecule has 0 spiro atoms. The molecule has 0 unspecified atom stereocenters. The fraction of sp³-hybridized carbons (Fsp3) is 0.500. The van der Waals surface area contributed by atoms with Gasteiger partial charge in [-0.25, -0.2) is 4.98 Å². The maximum Gasteiger partial charge on any atom is 0.227 e. The van der Waals surface area contributed by atoms with E-state index in [1.807, 2.05) is 11.9 Å². The van der Waals surface area contributed by atoms with Gasteiger partial charge in [-0.1, -0.05) is 5.92 Å². The lowest BCUT2D eigenvalue weighted by Crippen LogP contribution is -2.30. The Morgan fingerprint density at radius 1 is 1.32 bits per heavy atom. The van der Waals surface area contributed by atoms with E-state index in [0.29, 0.717) is 11.5 Å². The number of anilines is 3. The van der Waals surface area contributed by atoms with Gasteiger partial charge in [-0.2, -0.15) is 10.1 Å². The summed E-state index contributed by atoms with van der Waals surface area (Å²) in [5.74, 6) is 5.67. The van der Waals surface area contributed by atoms with Crippen LogP contribution in [0, 0.1) is 12.3 Å². The van der Waals surface area contributed by atoms with Crippen molar-refractivity contribution in [2.45, 2.75) is 25.2 Å². The minimum absolute atomic E-state index is 0.607. The molecule has 2 N–H and O–H groups in total. The van der Waals surface area contributed by atoms with Crippen LogP contribution in [0.15, 0.2) is 12.3 Å². The molecule has 1 aliphatic carbocycles. The molecular formula is C18H23N7. The van der Waals surface area contributed by atoms with Crippen molar-refractivity contribution >= 4 is 17.6 Å². The summed E-state index contributed by atoms with van der Waals surface area (Å²) in [6.07, 6.45) is 11.0. The second kappa shape index (κ2) is 6.73. The van der Waals surface area contributed by atoms with Crippen LogP contribution in [0.4, 0.5) is 17.6 Å². The highest BCUT2D eigenvalue weighted by Gasteiger charge is 2.27. The molecule has 2 aromatic heterocycles. The van der Waals surface area contributed by atoms with Gasteiger partial charge in [0, 0.05) is 38.7 Å². The number of nitrogens with zero attached hydrogens (tertiary/aromatic N) is 5. The zero-order chi connectivity index (χ0) is 17.2. The first-order valence-electron chi connectivity index (χ1n) is 8.84. The van der Waals surface area contributed by atoms with E-state index in [-0.39, 0.29) is 0 Å². The number of aromatic amines is 1. The molecule has 1 saturated heterocycles. The molecule has 0 aromatic carbocycles. The molecule has 1 saturated carbocycles. The van der Waals surface area contributed by atoms with Gasteiger partial charge in [-0.3, -0.25) is 5.10 Å². The quantitative estimate of drug-likeness (QED) is 0.826. The van der Waals surface area contributed by atoms with Gasteiger partial charge < -0.3 is 15.1 Å². The second-order valence-electron chi connectivity index (χ2n) is 6.65. The monoisotopic (exact) mass is 337 g/mol. The molecule has 1 aliphatic heterocycles. The number of terminal acetylenes is 1. The predicted octanol–water partition coefficient (Wildman–Crippen LogP) is 1.63. The molecule has 0 radical (unpaired) electrons. The number of rotatable bonds is 4. The average Bonchev–Trinajstić information content (AvgIpc) is 3.44. The van der Waals surface area contributed by atoms with Crippen molar-refractivity contribution in [1.29, 1.82) is 0 Å². The van der Waals surface area contributed by atoms with E-state index >= 15 is 0 Å². The topological polar surface area (TPSA) is 73.0 Å². The molecule has 0 amide bonds. The Labute approximate surface area is 147 Å². The molecule has 7 heteroatoms. The van der Waals surface area contributed by atoms with Crippen molar-refractivity contribution in [2.75, 3.05) is 43.0 Å². The van der Waals surface area contributed by atoms with Crippen LogP contribution >= 0.6 is 0 Å². The summed E-state index contributed by atoms with van der Waals surface area (Å²) < 4.78 is 0. The van der Waals surface area contributed by atoms with Crippen LogP contribution in [0.3, 0.4) is 0 Å². The number of hydrogen-bond acceptors (Lipinski definition) is 6. The minimum Gasteiger partial charge on any atom is -0.339 e. The summed E-state index contributed by atoms with van der Waals surface area (Å²) in [7, 11) is 1.96. The van der Waals surface area contributed by atoms with Gasteiger partial charge >= 0.3 is 0 Å². The van der Waals surface area contributed by atoms with Crippen LogP contribution in [0.1, 0.15) is 36.4 Å². The fourth-order valence-electron chi connectivity index (χ4n) is 3.12. The Morgan fingerprint density at radius 3 is 3.00 bits per heavy atom. The first kappa shape index (κ1) is 15.9. The molecule has 0 atom stereocenters. The molecule has 130 valence electrons. The number of nitrogens with one attached hydrogen (secondary N) is 2. The summed E-state index contributed by atoms with van der Waals surface area (Å²) in [5.41, 5.74) is 1.80. The Morgan fingerprint density at radius 2 is 2.20 bits per heavy atom. The van der Waals surface area contributed by atoms with Gasteiger partial charge in [0.05, 0.1) is 17.5 Å². The number of hydrogen-bond donors (Lipinski definition) is 2. The molecule has 2 aromatic rings. The molecule has 2 fully saturated rings. The van der Waals surface area contributed by atoms with E-state index in [2.05, 4.69) is 37.4 Å². The van der Waals surface area contributed by atoms with E-state index < -0.39 is 0 Å². The van der Waals surface area contributed by atoms with Crippen LogP contribution in [0.2, 0.25) is 0 Å². The van der Waals surface area contributed by atoms with E-state index in [1.165, 1.54) is 12.8 Å². The smallest absolute Gasteiger partial charge is 0.227 e. The van der Waals surface area contributed by atoms with Gasteiger partial charge in [0.1, 0.15) is 5.82 Å². The first-order valence-corrected chi connectivity index (χ1v) is 8.84. The van der Waals surface area contributed by atoms with Crippen LogP contribution in [-0.4, -0.2) is 53.4 Å². The van der Waals surface area contributed by atoms with Gasteiger partial charge in [0.25, 0.3) is 0 Å². The maximum absolute atomic E-state index is 5.68. The molecule has 2 aliphatic rings. The largest absolute Gasteiger partial charge is 0.339 e. The third-order valence-corrected chi connectivity index (χ3v) is 4.79. The Kier molecular flexibility index (Phi) is 4.28. The first-order chi connectivity index (χ1) is 12.3. The van der Waals surface area contributed by atoms with Crippen molar-refractivity contribution in [1.82, 2.24) is 25.5 Å². The zero-order valence-electron chi connectivity index (χ0n) is 14.5. The summed E-state index contributed by atoms with van der Waals surface area (Å²) in [6, 6.07) is 2.09. The highest BCUT2D eigenvalue weighted by atomic mass is 15.3. The SMILES string of the molecule is C#Cc1cnc(N2CCCNCC2)nc1N(C)c1cc(C2CC2)n[nH]1. The van der Waals surface area contributed by atoms with E-state index in [1.54, 1.807) is 6.20 Å². The summed E-state index contributed by atoms with van der Waals surface area (Å²) in [4.78, 5) is 13.4. The molecular weight excluding hydrogens is 314 g/mol. The van der Waals surface area contributed by atoms with Crippen molar-refractivity contribution in [2.24, 2.45) is 0 Å². The van der Waals surface area contributed by atoms with E-state index in [4.69, 9.17) is 11.4 Å². The van der Waals surface area contributed by atoms with Crippen LogP contribution in [0.25, 0.3) is 0 Å². The maximum atomic E-state index is 5.68. The average molecular weight is 337 g/mol. The van der Waals surface area contributed by atoms with Crippen molar-refractivity contribution in [3.63, 3.8) is 0 Å². The highest BCUT2D eigenvalue weighted by Crippen LogP contribution is 2.40. The van der Waals surface area contributed by atoms with Crippen LogP contribution < -0.4 is 15.1 Å². The highest BCUT2D eigenvalue weighted by molar-refractivity contribution is 5.64. The van der Waals surface area contributed by atoms with Gasteiger partial charge in [0.15, 0.2) is 5.82 Å². The van der Waals surface area contributed by atoms with Crippen LogP contribution in [0.5, 0.6) is 0 Å². The Bertz CT molecular complexity index is 779.